The van der Waals surface area contributed by atoms with Crippen molar-refractivity contribution in [3.8, 4) is 0 Å². The summed E-state index contributed by atoms with van der Waals surface area (Å²) in [6, 6.07) is 21.1. The summed E-state index contributed by atoms with van der Waals surface area (Å²) < 4.78 is 0. The van der Waals surface area contributed by atoms with E-state index in [2.05, 4.69) is 10.6 Å². The van der Waals surface area contributed by atoms with Gasteiger partial charge in [-0.25, -0.2) is 0 Å². The standard InChI is InChI=1S/C24H20N4O5/c29-22-13-17(15-27(22)20-6-2-1-3-7-20)24(31)25-18-11-9-16(10-12-18)23(30)26-19-5-4-8-21(14-19)28(32)33/h1-12,14,17H,13,15H2,(H,25,31)(H,26,30). The van der Waals surface area contributed by atoms with Crippen LogP contribution < -0.4 is 15.5 Å². The maximum atomic E-state index is 12.7. The largest absolute Gasteiger partial charge is 0.326 e. The van der Waals surface area contributed by atoms with E-state index in [0.29, 0.717) is 23.5 Å². The topological polar surface area (TPSA) is 122 Å². The molecular formula is C24H20N4O5. The number of carbonyl (C=O) groups excluding carboxylic acids is 3. The van der Waals surface area contributed by atoms with E-state index >= 15 is 0 Å². The average Bonchev–Trinajstić information content (AvgIpc) is 3.22. The smallest absolute Gasteiger partial charge is 0.271 e. The van der Waals surface area contributed by atoms with Crippen LogP contribution in [0.2, 0.25) is 0 Å². The monoisotopic (exact) mass is 444 g/mol. The van der Waals surface area contributed by atoms with Gasteiger partial charge >= 0.3 is 0 Å². The summed E-state index contributed by atoms with van der Waals surface area (Å²) in [4.78, 5) is 49.4. The molecule has 0 spiro atoms. The molecule has 0 aliphatic carbocycles. The molecule has 33 heavy (non-hydrogen) atoms. The fourth-order valence-electron chi connectivity index (χ4n) is 3.59. The zero-order chi connectivity index (χ0) is 23.4. The zero-order valence-electron chi connectivity index (χ0n) is 17.4. The number of hydrogen-bond acceptors (Lipinski definition) is 5. The van der Waals surface area contributed by atoms with Crippen molar-refractivity contribution in [2.45, 2.75) is 6.42 Å². The van der Waals surface area contributed by atoms with Crippen LogP contribution in [0.25, 0.3) is 0 Å². The minimum absolute atomic E-state index is 0.102. The van der Waals surface area contributed by atoms with Crippen molar-refractivity contribution in [3.63, 3.8) is 0 Å². The number of anilines is 3. The lowest BCUT2D eigenvalue weighted by molar-refractivity contribution is -0.384. The number of nitro benzene ring substituents is 1. The quantitative estimate of drug-likeness (QED) is 0.442. The van der Waals surface area contributed by atoms with Crippen molar-refractivity contribution in [2.75, 3.05) is 22.1 Å². The number of non-ortho nitro benzene ring substituents is 1. The maximum Gasteiger partial charge on any atom is 0.271 e. The molecule has 9 nitrogen and oxygen atoms in total. The van der Waals surface area contributed by atoms with Crippen molar-refractivity contribution < 1.29 is 19.3 Å². The maximum absolute atomic E-state index is 12.7. The highest BCUT2D eigenvalue weighted by molar-refractivity contribution is 6.05. The van der Waals surface area contributed by atoms with E-state index in [9.17, 15) is 24.5 Å². The molecule has 2 N–H and O–H groups in total. The third kappa shape index (κ3) is 5.04. The Hall–Kier alpha value is -4.53. The van der Waals surface area contributed by atoms with Gasteiger partial charge in [0.1, 0.15) is 0 Å². The number of hydrogen-bond donors (Lipinski definition) is 2. The fourth-order valence-corrected chi connectivity index (χ4v) is 3.59. The van der Waals surface area contributed by atoms with Gasteiger partial charge in [0.05, 0.1) is 10.8 Å². The van der Waals surface area contributed by atoms with Crippen LogP contribution in [0.15, 0.2) is 78.9 Å². The molecule has 0 saturated carbocycles. The molecule has 1 unspecified atom stereocenters. The predicted molar refractivity (Wildman–Crippen MR) is 123 cm³/mol. The van der Waals surface area contributed by atoms with Gasteiger partial charge in [-0.2, -0.15) is 0 Å². The van der Waals surface area contributed by atoms with Crippen molar-refractivity contribution in [1.29, 1.82) is 0 Å². The molecule has 1 saturated heterocycles. The number of amides is 3. The number of nitro groups is 1. The predicted octanol–water partition coefficient (Wildman–Crippen LogP) is 3.84. The van der Waals surface area contributed by atoms with E-state index in [1.807, 2.05) is 30.3 Å². The van der Waals surface area contributed by atoms with Crippen LogP contribution in [0.4, 0.5) is 22.7 Å². The highest BCUT2D eigenvalue weighted by atomic mass is 16.6. The molecule has 4 rings (SSSR count). The van der Waals surface area contributed by atoms with Crippen molar-refractivity contribution in [1.82, 2.24) is 0 Å². The van der Waals surface area contributed by atoms with Gasteiger partial charge < -0.3 is 15.5 Å². The SMILES string of the molecule is O=C(Nc1cccc([N+](=O)[O-])c1)c1ccc(NC(=O)C2CC(=O)N(c3ccccc3)C2)cc1. The molecule has 0 radical (unpaired) electrons. The highest BCUT2D eigenvalue weighted by Crippen LogP contribution is 2.26. The summed E-state index contributed by atoms with van der Waals surface area (Å²) >= 11 is 0. The van der Waals surface area contributed by atoms with Crippen LogP contribution in [-0.2, 0) is 9.59 Å². The Balaban J connectivity index is 1.36. The highest BCUT2D eigenvalue weighted by Gasteiger charge is 2.35. The number of benzene rings is 3. The van der Waals surface area contributed by atoms with Gasteiger partial charge in [0.25, 0.3) is 11.6 Å². The lowest BCUT2D eigenvalue weighted by Gasteiger charge is -2.16. The lowest BCUT2D eigenvalue weighted by Crippen LogP contribution is -2.28. The molecule has 0 bridgehead atoms. The van der Waals surface area contributed by atoms with Crippen LogP contribution in [0.5, 0.6) is 0 Å². The molecular weight excluding hydrogens is 424 g/mol. The Bertz CT molecular complexity index is 1210. The van der Waals surface area contributed by atoms with Gasteiger partial charge in [-0.3, -0.25) is 24.5 Å². The fraction of sp³-hybridized carbons (Fsp3) is 0.125. The van der Waals surface area contributed by atoms with Crippen LogP contribution in [0, 0.1) is 16.0 Å². The van der Waals surface area contributed by atoms with E-state index in [1.165, 1.54) is 18.2 Å². The summed E-state index contributed by atoms with van der Waals surface area (Å²) in [5.41, 5.74) is 1.77. The number of nitrogens with zero attached hydrogens (tertiary/aromatic N) is 2. The third-order valence-electron chi connectivity index (χ3n) is 5.29. The Kier molecular flexibility index (Phi) is 6.12. The van der Waals surface area contributed by atoms with E-state index in [1.54, 1.807) is 35.2 Å². The summed E-state index contributed by atoms with van der Waals surface area (Å²) in [5.74, 6) is -1.28. The summed E-state index contributed by atoms with van der Waals surface area (Å²) in [5, 5.41) is 16.3. The second-order valence-corrected chi connectivity index (χ2v) is 7.57. The molecule has 3 amide bonds. The second kappa shape index (κ2) is 9.31. The van der Waals surface area contributed by atoms with Crippen molar-refractivity contribution in [3.05, 3.63) is 94.5 Å². The van der Waals surface area contributed by atoms with Gasteiger partial charge in [0.2, 0.25) is 11.8 Å². The number of rotatable bonds is 6. The molecule has 1 fully saturated rings. The van der Waals surface area contributed by atoms with Gasteiger partial charge in [-0.1, -0.05) is 24.3 Å². The Morgan fingerprint density at radius 3 is 2.33 bits per heavy atom. The average molecular weight is 444 g/mol. The molecule has 1 heterocycles. The minimum atomic E-state index is -0.538. The second-order valence-electron chi connectivity index (χ2n) is 7.57. The van der Waals surface area contributed by atoms with Gasteiger partial charge in [0.15, 0.2) is 0 Å². The molecule has 1 aliphatic heterocycles. The van der Waals surface area contributed by atoms with Gasteiger partial charge in [0, 0.05) is 47.7 Å². The van der Waals surface area contributed by atoms with Gasteiger partial charge in [-0.05, 0) is 42.5 Å². The Morgan fingerprint density at radius 1 is 0.909 bits per heavy atom. The first kappa shape index (κ1) is 21.7. The van der Waals surface area contributed by atoms with Gasteiger partial charge in [-0.15, -0.1) is 0 Å². The Morgan fingerprint density at radius 2 is 1.64 bits per heavy atom. The zero-order valence-corrected chi connectivity index (χ0v) is 17.4. The van der Waals surface area contributed by atoms with Crippen LogP contribution in [0.1, 0.15) is 16.8 Å². The van der Waals surface area contributed by atoms with E-state index in [-0.39, 0.29) is 23.9 Å². The van der Waals surface area contributed by atoms with E-state index in [4.69, 9.17) is 0 Å². The summed E-state index contributed by atoms with van der Waals surface area (Å²) in [6.45, 7) is 0.304. The van der Waals surface area contributed by atoms with E-state index < -0.39 is 16.7 Å². The van der Waals surface area contributed by atoms with Crippen LogP contribution >= 0.6 is 0 Å². The first-order valence-electron chi connectivity index (χ1n) is 10.2. The first-order valence-corrected chi connectivity index (χ1v) is 10.2. The normalized spacial score (nSPS) is 15.2. The molecule has 1 aliphatic rings. The molecule has 3 aromatic carbocycles. The minimum Gasteiger partial charge on any atom is -0.326 e. The lowest BCUT2D eigenvalue weighted by atomic mass is 10.1. The molecule has 9 heteroatoms. The van der Waals surface area contributed by atoms with Crippen molar-refractivity contribution in [2.24, 2.45) is 5.92 Å². The number of carbonyl (C=O) groups is 3. The summed E-state index contributed by atoms with van der Waals surface area (Å²) in [6.07, 6.45) is 0.129. The molecule has 166 valence electrons. The van der Waals surface area contributed by atoms with E-state index in [0.717, 1.165) is 5.69 Å². The first-order chi connectivity index (χ1) is 15.9. The Labute approximate surface area is 189 Å². The third-order valence-corrected chi connectivity index (χ3v) is 5.29. The van der Waals surface area contributed by atoms with Crippen LogP contribution in [0.3, 0.4) is 0 Å². The number of nitrogens with one attached hydrogen (secondary N) is 2. The summed E-state index contributed by atoms with van der Waals surface area (Å²) in [7, 11) is 0. The number of para-hydroxylation sites is 1. The molecule has 1 atom stereocenters. The molecule has 3 aromatic rings. The molecule has 0 aromatic heterocycles. The van der Waals surface area contributed by atoms with Crippen molar-refractivity contribution >= 4 is 40.5 Å². The van der Waals surface area contributed by atoms with Crippen LogP contribution in [-0.4, -0.2) is 29.2 Å².